The van der Waals surface area contributed by atoms with Crippen molar-refractivity contribution < 1.29 is 22.7 Å². The minimum absolute atomic E-state index is 0.0911. The van der Waals surface area contributed by atoms with Crippen molar-refractivity contribution in [1.82, 2.24) is 9.88 Å². The molecule has 0 aliphatic carbocycles. The van der Waals surface area contributed by atoms with E-state index in [0.29, 0.717) is 56.2 Å². The van der Waals surface area contributed by atoms with Crippen LogP contribution in [0.2, 0.25) is 0 Å². The van der Waals surface area contributed by atoms with E-state index < -0.39 is 24.5 Å². The third-order valence-electron chi connectivity index (χ3n) is 6.78. The number of carbonyl (C=O) groups is 1. The minimum Gasteiger partial charge on any atom is -0.404 e. The molecule has 8 nitrogen and oxygen atoms in total. The molecule has 1 aromatic heterocycles. The molecule has 2 aromatic rings. The molecule has 0 bridgehead atoms. The van der Waals surface area contributed by atoms with Crippen LogP contribution in [0.25, 0.3) is 16.7 Å². The van der Waals surface area contributed by atoms with Crippen molar-refractivity contribution >= 4 is 29.3 Å². The van der Waals surface area contributed by atoms with Crippen molar-refractivity contribution in [2.45, 2.75) is 25.9 Å². The number of anilines is 2. The number of ether oxygens (including phenoxy) is 1. The van der Waals surface area contributed by atoms with Gasteiger partial charge in [0.15, 0.2) is 0 Å². The summed E-state index contributed by atoms with van der Waals surface area (Å²) in [5.74, 6) is 0.214. The SMILES string of the molecule is CN=CC(=CN)c1cc(-c2cc(NC(=O)N3CC[C@@H](CC(F)(F)F)C3)ccc2C)cc(N2CCOCC2)n1. The predicted octanol–water partition coefficient (Wildman–Crippen LogP) is 4.70. The number of carbonyl (C=O) groups excluding carboxylic acids is 1. The number of aryl methyl sites for hydroxylation is 1. The summed E-state index contributed by atoms with van der Waals surface area (Å²) in [4.78, 5) is 25.4. The summed E-state index contributed by atoms with van der Waals surface area (Å²) in [6.45, 7) is 5.00. The lowest BCUT2D eigenvalue weighted by atomic mass is 9.98. The van der Waals surface area contributed by atoms with Crippen LogP contribution in [0.15, 0.2) is 41.5 Å². The first-order chi connectivity index (χ1) is 18.2. The van der Waals surface area contributed by atoms with Crippen molar-refractivity contribution in [1.29, 1.82) is 0 Å². The smallest absolute Gasteiger partial charge is 0.389 e. The molecule has 2 saturated heterocycles. The third kappa shape index (κ3) is 6.83. The Morgan fingerprint density at radius 1 is 1.24 bits per heavy atom. The number of morpholine rings is 1. The van der Waals surface area contributed by atoms with E-state index in [1.807, 2.05) is 31.2 Å². The second-order valence-corrected chi connectivity index (χ2v) is 9.59. The van der Waals surface area contributed by atoms with E-state index in [1.54, 1.807) is 19.3 Å². The summed E-state index contributed by atoms with van der Waals surface area (Å²) in [7, 11) is 1.66. The number of nitrogens with two attached hydrogens (primary N) is 1. The number of nitrogens with one attached hydrogen (secondary N) is 1. The highest BCUT2D eigenvalue weighted by molar-refractivity contribution is 6.09. The van der Waals surface area contributed by atoms with E-state index in [0.717, 1.165) is 22.5 Å². The van der Waals surface area contributed by atoms with Crippen LogP contribution in [-0.4, -0.2) is 74.7 Å². The molecule has 11 heteroatoms. The Bertz CT molecular complexity index is 1210. The van der Waals surface area contributed by atoms with Crippen LogP contribution in [-0.2, 0) is 4.74 Å². The molecule has 3 heterocycles. The van der Waals surface area contributed by atoms with Gasteiger partial charge in [-0.1, -0.05) is 6.07 Å². The average molecular weight is 531 g/mol. The molecular formula is C27H33F3N6O2. The van der Waals surface area contributed by atoms with Gasteiger partial charge in [-0.15, -0.1) is 0 Å². The lowest BCUT2D eigenvalue weighted by Crippen LogP contribution is -2.36. The average Bonchev–Trinajstić information content (AvgIpc) is 3.35. The van der Waals surface area contributed by atoms with E-state index in [4.69, 9.17) is 15.5 Å². The van der Waals surface area contributed by atoms with Gasteiger partial charge in [-0.3, -0.25) is 4.99 Å². The largest absolute Gasteiger partial charge is 0.404 e. The minimum atomic E-state index is -4.23. The molecule has 1 atom stereocenters. The fourth-order valence-corrected chi connectivity index (χ4v) is 4.83. The molecule has 38 heavy (non-hydrogen) atoms. The molecule has 4 rings (SSSR count). The maximum atomic E-state index is 12.8. The predicted molar refractivity (Wildman–Crippen MR) is 143 cm³/mol. The molecule has 3 N–H and O–H groups in total. The molecule has 2 aliphatic rings. The number of aromatic nitrogens is 1. The second-order valence-electron chi connectivity index (χ2n) is 9.59. The summed E-state index contributed by atoms with van der Waals surface area (Å²) in [5, 5.41) is 2.86. The Morgan fingerprint density at radius 2 is 2.00 bits per heavy atom. The van der Waals surface area contributed by atoms with Crippen molar-refractivity contribution in [2.24, 2.45) is 16.6 Å². The van der Waals surface area contributed by atoms with Gasteiger partial charge in [0.1, 0.15) is 5.82 Å². The molecule has 2 amide bonds. The molecule has 2 fully saturated rings. The third-order valence-corrected chi connectivity index (χ3v) is 6.78. The monoisotopic (exact) mass is 530 g/mol. The van der Waals surface area contributed by atoms with Crippen LogP contribution in [0.5, 0.6) is 0 Å². The second kappa shape index (κ2) is 11.8. The van der Waals surface area contributed by atoms with Gasteiger partial charge in [0.2, 0.25) is 0 Å². The number of rotatable bonds is 6. The van der Waals surface area contributed by atoms with Gasteiger partial charge in [0.25, 0.3) is 0 Å². The zero-order valence-corrected chi connectivity index (χ0v) is 21.6. The highest BCUT2D eigenvalue weighted by Gasteiger charge is 2.36. The van der Waals surface area contributed by atoms with Crippen LogP contribution in [0, 0.1) is 12.8 Å². The van der Waals surface area contributed by atoms with Gasteiger partial charge < -0.3 is 25.6 Å². The van der Waals surface area contributed by atoms with Crippen LogP contribution >= 0.6 is 0 Å². The van der Waals surface area contributed by atoms with Crippen LogP contribution in [0.1, 0.15) is 24.1 Å². The number of nitrogens with zero attached hydrogens (tertiary/aromatic N) is 4. The van der Waals surface area contributed by atoms with Gasteiger partial charge in [-0.2, -0.15) is 13.2 Å². The number of hydrogen-bond acceptors (Lipinski definition) is 6. The Hall–Kier alpha value is -3.60. The van der Waals surface area contributed by atoms with E-state index in [9.17, 15) is 18.0 Å². The molecule has 0 unspecified atom stereocenters. The van der Waals surface area contributed by atoms with E-state index in [2.05, 4.69) is 15.2 Å². The van der Waals surface area contributed by atoms with Crippen LogP contribution in [0.4, 0.5) is 29.5 Å². The highest BCUT2D eigenvalue weighted by atomic mass is 19.4. The zero-order valence-electron chi connectivity index (χ0n) is 21.6. The number of aliphatic imine (C=N–C) groups is 1. The van der Waals surface area contributed by atoms with E-state index in [-0.39, 0.29) is 6.54 Å². The molecule has 204 valence electrons. The molecule has 0 saturated carbocycles. The number of alkyl halides is 3. The fourth-order valence-electron chi connectivity index (χ4n) is 4.83. The van der Waals surface area contributed by atoms with Crippen molar-refractivity contribution in [3.8, 4) is 11.1 Å². The van der Waals surface area contributed by atoms with Gasteiger partial charge in [0, 0.05) is 63.3 Å². The van der Waals surface area contributed by atoms with Gasteiger partial charge in [-0.05, 0) is 60.2 Å². The van der Waals surface area contributed by atoms with Crippen LogP contribution in [0.3, 0.4) is 0 Å². The Labute approximate surface area is 220 Å². The number of halogens is 3. The normalized spacial score (nSPS) is 18.9. The lowest BCUT2D eigenvalue weighted by molar-refractivity contribution is -0.143. The lowest BCUT2D eigenvalue weighted by Gasteiger charge is -2.28. The summed E-state index contributed by atoms with van der Waals surface area (Å²) < 4.78 is 43.8. The number of likely N-dealkylation sites (tertiary alicyclic amines) is 1. The number of hydrogen-bond donors (Lipinski definition) is 2. The number of amides is 2. The first kappa shape index (κ1) is 27.4. The fraction of sp³-hybridized carbons (Fsp3) is 0.444. The van der Waals surface area contributed by atoms with E-state index in [1.165, 1.54) is 11.1 Å². The van der Waals surface area contributed by atoms with Crippen molar-refractivity contribution in [3.63, 3.8) is 0 Å². The standard InChI is InChI=1S/C27H33F3N6O2/c1-18-3-4-22(33-26(37)36-6-5-19(17-36)14-27(28,29)30)13-23(18)20-11-24(21(15-31)16-32-2)34-25(12-20)35-7-9-38-10-8-35/h3-4,11-13,15-16,19H,5-10,14,17,31H2,1-2H3,(H,33,37)/t19-/m0/s1. The van der Waals surface area contributed by atoms with E-state index >= 15 is 0 Å². The quantitative estimate of drug-likeness (QED) is 0.528. The maximum Gasteiger partial charge on any atom is 0.389 e. The summed E-state index contributed by atoms with van der Waals surface area (Å²) in [5.41, 5.74) is 10.5. The maximum absolute atomic E-state index is 12.8. The van der Waals surface area contributed by atoms with Crippen molar-refractivity contribution in [2.75, 3.05) is 56.7 Å². The van der Waals surface area contributed by atoms with Gasteiger partial charge >= 0.3 is 12.2 Å². The Kier molecular flexibility index (Phi) is 8.55. The highest BCUT2D eigenvalue weighted by Crippen LogP contribution is 2.33. The first-order valence-corrected chi connectivity index (χ1v) is 12.6. The number of allylic oxidation sites excluding steroid dienone is 1. The van der Waals surface area contributed by atoms with Gasteiger partial charge in [0.05, 0.1) is 18.9 Å². The number of pyridine rings is 1. The zero-order chi connectivity index (χ0) is 27.3. The molecule has 0 spiro atoms. The Morgan fingerprint density at radius 3 is 2.68 bits per heavy atom. The number of benzene rings is 1. The van der Waals surface area contributed by atoms with Crippen LogP contribution < -0.4 is 16.0 Å². The van der Waals surface area contributed by atoms with Gasteiger partial charge in [-0.25, -0.2) is 9.78 Å². The summed E-state index contributed by atoms with van der Waals surface area (Å²) >= 11 is 0. The molecule has 1 aromatic carbocycles. The molecular weight excluding hydrogens is 497 g/mol. The summed E-state index contributed by atoms with van der Waals surface area (Å²) in [6, 6.07) is 9.10. The van der Waals surface area contributed by atoms with Crippen molar-refractivity contribution in [3.05, 3.63) is 47.8 Å². The topological polar surface area (TPSA) is 96.1 Å². The first-order valence-electron chi connectivity index (χ1n) is 12.6. The Balaban J connectivity index is 1.61. The number of urea groups is 1. The summed E-state index contributed by atoms with van der Waals surface area (Å²) in [6.07, 6.45) is -1.64. The molecule has 2 aliphatic heterocycles. The molecule has 0 radical (unpaired) electrons.